The Labute approximate surface area is 125 Å². The molecule has 0 spiro atoms. The van der Waals surface area contributed by atoms with Crippen LogP contribution in [0, 0.1) is 0 Å². The van der Waals surface area contributed by atoms with Crippen LogP contribution in [-0.4, -0.2) is 19.0 Å². The zero-order chi connectivity index (χ0) is 14.8. The molecule has 1 aliphatic rings. The van der Waals surface area contributed by atoms with Crippen molar-refractivity contribution in [1.82, 2.24) is 10.6 Å². The van der Waals surface area contributed by atoms with Crippen molar-refractivity contribution in [1.29, 1.82) is 0 Å². The van der Waals surface area contributed by atoms with Crippen molar-refractivity contribution in [3.05, 3.63) is 59.2 Å². The number of carbonyl (C=O) groups excluding carboxylic acids is 1. The normalized spacial score (nSPS) is 15.4. The number of amides is 1. The second-order valence-corrected chi connectivity index (χ2v) is 5.60. The zero-order valence-corrected chi connectivity index (χ0v) is 12.4. The van der Waals surface area contributed by atoms with E-state index in [4.69, 9.17) is 0 Å². The summed E-state index contributed by atoms with van der Waals surface area (Å²) in [6.07, 6.45) is 0. The fraction of sp³-hybridized carbons (Fsp3) is 0.278. The van der Waals surface area contributed by atoms with E-state index in [-0.39, 0.29) is 11.9 Å². The number of fused-ring (bicyclic) bond motifs is 1. The Hall–Kier alpha value is -2.13. The minimum atomic E-state index is -0.00724. The van der Waals surface area contributed by atoms with E-state index in [0.29, 0.717) is 0 Å². The lowest BCUT2D eigenvalue weighted by Gasteiger charge is -2.23. The summed E-state index contributed by atoms with van der Waals surface area (Å²) in [7, 11) is 0. The maximum Gasteiger partial charge on any atom is 0.247 e. The maximum absolute atomic E-state index is 12.3. The average Bonchev–Trinajstić information content (AvgIpc) is 2.44. The molecule has 2 aromatic carbocycles. The highest BCUT2D eigenvalue weighted by atomic mass is 16.1. The summed E-state index contributed by atoms with van der Waals surface area (Å²) in [5, 5.41) is 8.68. The van der Waals surface area contributed by atoms with Crippen molar-refractivity contribution in [3.63, 3.8) is 0 Å². The highest BCUT2D eigenvalue weighted by Crippen LogP contribution is 2.24. The summed E-state index contributed by atoms with van der Waals surface area (Å²) < 4.78 is 0. The lowest BCUT2D eigenvalue weighted by atomic mass is 9.99. The summed E-state index contributed by atoms with van der Waals surface area (Å²) >= 11 is 0. The number of carbonyl (C=O) groups is 1. The van der Waals surface area contributed by atoms with Crippen LogP contribution in [0.25, 0.3) is 10.8 Å². The number of hydrogen-bond acceptors (Lipinski definition) is 2. The summed E-state index contributed by atoms with van der Waals surface area (Å²) in [4.78, 5) is 12.3. The Morgan fingerprint density at radius 2 is 1.86 bits per heavy atom. The van der Waals surface area contributed by atoms with Gasteiger partial charge in [0.1, 0.15) is 0 Å². The van der Waals surface area contributed by atoms with Gasteiger partial charge in [0, 0.05) is 18.7 Å². The van der Waals surface area contributed by atoms with Gasteiger partial charge in [-0.25, -0.2) is 0 Å². The molecule has 21 heavy (non-hydrogen) atoms. The van der Waals surface area contributed by atoms with E-state index in [9.17, 15) is 4.79 Å². The van der Waals surface area contributed by atoms with Gasteiger partial charge >= 0.3 is 0 Å². The maximum atomic E-state index is 12.3. The third-order valence-electron chi connectivity index (χ3n) is 4.19. The van der Waals surface area contributed by atoms with Gasteiger partial charge in [-0.3, -0.25) is 4.79 Å². The Morgan fingerprint density at radius 3 is 2.57 bits per heavy atom. The van der Waals surface area contributed by atoms with Gasteiger partial charge < -0.3 is 10.6 Å². The first-order valence-electron chi connectivity index (χ1n) is 7.34. The van der Waals surface area contributed by atoms with E-state index in [0.717, 1.165) is 24.2 Å². The second kappa shape index (κ2) is 5.70. The molecule has 1 atom stereocenters. The third kappa shape index (κ3) is 2.69. The fourth-order valence-corrected chi connectivity index (χ4v) is 2.69. The Kier molecular flexibility index (Phi) is 3.76. The van der Waals surface area contributed by atoms with Crippen LogP contribution < -0.4 is 10.6 Å². The standard InChI is InChI=1S/C18H20N2O/c1-12(15-10-19-11-15)18(21)20-13(2)16-9-5-7-14-6-3-4-8-17(14)16/h3-9,13,19H,10-11H2,1-2H3,(H,20,21). The van der Waals surface area contributed by atoms with Gasteiger partial charge in [-0.15, -0.1) is 0 Å². The van der Waals surface area contributed by atoms with Gasteiger partial charge in [0.15, 0.2) is 0 Å². The molecule has 1 fully saturated rings. The van der Waals surface area contributed by atoms with Gasteiger partial charge in [-0.1, -0.05) is 42.5 Å². The van der Waals surface area contributed by atoms with Gasteiger partial charge in [0.05, 0.1) is 6.04 Å². The minimum Gasteiger partial charge on any atom is -0.346 e. The van der Waals surface area contributed by atoms with Crippen molar-refractivity contribution in [2.45, 2.75) is 19.9 Å². The molecule has 1 unspecified atom stereocenters. The molecule has 0 aromatic heterocycles. The van der Waals surface area contributed by atoms with Crippen molar-refractivity contribution < 1.29 is 4.79 Å². The van der Waals surface area contributed by atoms with Crippen molar-refractivity contribution in [2.75, 3.05) is 13.1 Å². The Morgan fingerprint density at radius 1 is 1.14 bits per heavy atom. The molecule has 3 rings (SSSR count). The first kappa shape index (κ1) is 13.8. The number of hydrogen-bond donors (Lipinski definition) is 2. The van der Waals surface area contributed by atoms with Crippen LogP contribution in [0.15, 0.2) is 53.6 Å². The van der Waals surface area contributed by atoms with Gasteiger partial charge in [0.2, 0.25) is 5.91 Å². The number of benzene rings is 2. The van der Waals surface area contributed by atoms with Gasteiger partial charge in [-0.05, 0) is 35.8 Å². The van der Waals surface area contributed by atoms with Crippen molar-refractivity contribution in [3.8, 4) is 0 Å². The van der Waals surface area contributed by atoms with Crippen molar-refractivity contribution in [2.24, 2.45) is 0 Å². The predicted octanol–water partition coefficient (Wildman–Crippen LogP) is 2.94. The molecule has 3 nitrogen and oxygen atoms in total. The van der Waals surface area contributed by atoms with Crippen LogP contribution in [-0.2, 0) is 4.79 Å². The van der Waals surface area contributed by atoms with E-state index in [1.54, 1.807) is 0 Å². The first-order chi connectivity index (χ1) is 10.2. The summed E-state index contributed by atoms with van der Waals surface area (Å²) in [5.41, 5.74) is 3.21. The molecule has 2 aromatic rings. The SMILES string of the molecule is CC(C(=O)NC(C)c1cccc2ccccc12)=C1CNC1. The Balaban J connectivity index is 1.84. The van der Waals surface area contributed by atoms with Crippen LogP contribution in [0.1, 0.15) is 25.5 Å². The van der Waals surface area contributed by atoms with Crippen LogP contribution in [0.2, 0.25) is 0 Å². The van der Waals surface area contributed by atoms with E-state index in [2.05, 4.69) is 34.9 Å². The largest absolute Gasteiger partial charge is 0.346 e. The predicted molar refractivity (Wildman–Crippen MR) is 86.1 cm³/mol. The average molecular weight is 280 g/mol. The molecule has 108 valence electrons. The van der Waals surface area contributed by atoms with Crippen molar-refractivity contribution >= 4 is 16.7 Å². The molecule has 0 saturated carbocycles. The van der Waals surface area contributed by atoms with E-state index in [1.165, 1.54) is 16.3 Å². The highest BCUT2D eigenvalue weighted by Gasteiger charge is 2.18. The van der Waals surface area contributed by atoms with Crippen LogP contribution in [0.3, 0.4) is 0 Å². The van der Waals surface area contributed by atoms with E-state index >= 15 is 0 Å². The molecule has 0 radical (unpaired) electrons. The molecule has 1 amide bonds. The fourth-order valence-electron chi connectivity index (χ4n) is 2.69. The number of rotatable bonds is 3. The zero-order valence-electron chi connectivity index (χ0n) is 12.4. The van der Waals surface area contributed by atoms with Crippen LogP contribution in [0.5, 0.6) is 0 Å². The van der Waals surface area contributed by atoms with E-state index < -0.39 is 0 Å². The molecule has 1 saturated heterocycles. The molecular formula is C18H20N2O. The molecule has 0 aliphatic carbocycles. The topological polar surface area (TPSA) is 41.1 Å². The Bertz CT molecular complexity index is 707. The lowest BCUT2D eigenvalue weighted by Crippen LogP contribution is -2.38. The monoisotopic (exact) mass is 280 g/mol. The molecule has 1 aliphatic heterocycles. The lowest BCUT2D eigenvalue weighted by molar-refractivity contribution is -0.118. The van der Waals surface area contributed by atoms with Gasteiger partial charge in [-0.2, -0.15) is 0 Å². The molecule has 0 bridgehead atoms. The molecule has 2 N–H and O–H groups in total. The first-order valence-corrected chi connectivity index (χ1v) is 7.34. The molecule has 1 heterocycles. The third-order valence-corrected chi connectivity index (χ3v) is 4.19. The summed E-state index contributed by atoms with van der Waals surface area (Å²) in [6, 6.07) is 14.5. The minimum absolute atomic E-state index is 0.00724. The summed E-state index contributed by atoms with van der Waals surface area (Å²) in [6.45, 7) is 5.61. The smallest absolute Gasteiger partial charge is 0.247 e. The van der Waals surface area contributed by atoms with Crippen LogP contribution in [0.4, 0.5) is 0 Å². The second-order valence-electron chi connectivity index (χ2n) is 5.60. The molecular weight excluding hydrogens is 260 g/mol. The van der Waals surface area contributed by atoms with Gasteiger partial charge in [0.25, 0.3) is 0 Å². The molecule has 3 heteroatoms. The quantitative estimate of drug-likeness (QED) is 0.849. The number of nitrogens with one attached hydrogen (secondary N) is 2. The van der Waals surface area contributed by atoms with E-state index in [1.807, 2.05) is 32.0 Å². The van der Waals surface area contributed by atoms with Crippen LogP contribution >= 0.6 is 0 Å². The summed E-state index contributed by atoms with van der Waals surface area (Å²) in [5.74, 6) is 0.0342. The highest BCUT2D eigenvalue weighted by molar-refractivity contribution is 5.95.